The van der Waals surface area contributed by atoms with Gasteiger partial charge in [0.25, 0.3) is 0 Å². The van der Waals surface area contributed by atoms with E-state index < -0.39 is 0 Å². The highest BCUT2D eigenvalue weighted by Gasteiger charge is 2.02. The van der Waals surface area contributed by atoms with Crippen LogP contribution in [0.2, 0.25) is 0 Å². The van der Waals surface area contributed by atoms with Gasteiger partial charge in [-0.25, -0.2) is 0 Å². The summed E-state index contributed by atoms with van der Waals surface area (Å²) in [6, 6.07) is 7.07. The molecule has 0 bridgehead atoms. The second-order valence-electron chi connectivity index (χ2n) is 4.36. The molecule has 2 N–H and O–H groups in total. The van der Waals surface area contributed by atoms with Crippen molar-refractivity contribution in [3.05, 3.63) is 24.3 Å². The summed E-state index contributed by atoms with van der Waals surface area (Å²) in [5.74, 6) is 0.652. The molecular formula is C15H23NO4. The summed E-state index contributed by atoms with van der Waals surface area (Å²) in [5.41, 5.74) is 0.737. The molecule has 0 aliphatic carbocycles. The number of hydrogen-bond donors (Lipinski definition) is 2. The van der Waals surface area contributed by atoms with Crippen LogP contribution in [0.1, 0.15) is 26.2 Å². The molecule has 1 aromatic rings. The fraction of sp³-hybridized carbons (Fsp3) is 0.533. The monoisotopic (exact) mass is 281 g/mol. The molecule has 0 saturated heterocycles. The smallest absolute Gasteiger partial charge is 0.224 e. The summed E-state index contributed by atoms with van der Waals surface area (Å²) in [5, 5.41) is 11.5. The first-order valence-electron chi connectivity index (χ1n) is 6.97. The highest BCUT2D eigenvalue weighted by molar-refractivity contribution is 5.90. The predicted octanol–water partition coefficient (Wildman–Crippen LogP) is 2.20. The fourth-order valence-corrected chi connectivity index (χ4v) is 1.60. The van der Waals surface area contributed by atoms with Gasteiger partial charge < -0.3 is 19.9 Å². The van der Waals surface area contributed by atoms with E-state index in [1.165, 1.54) is 0 Å². The molecule has 0 saturated carbocycles. The van der Waals surface area contributed by atoms with Crippen LogP contribution in [0.4, 0.5) is 5.69 Å². The second kappa shape index (κ2) is 10.2. The van der Waals surface area contributed by atoms with Crippen molar-refractivity contribution in [2.75, 3.05) is 31.7 Å². The highest BCUT2D eigenvalue weighted by atomic mass is 16.5. The first-order chi connectivity index (χ1) is 9.76. The Bertz CT molecular complexity index is 378. The zero-order chi connectivity index (χ0) is 14.6. The Morgan fingerprint density at radius 1 is 1.20 bits per heavy atom. The molecule has 0 aromatic heterocycles. The number of aliphatic hydroxyl groups is 1. The van der Waals surface area contributed by atoms with Crippen LogP contribution in [0.25, 0.3) is 0 Å². The molecular weight excluding hydrogens is 258 g/mol. The number of carbonyl (C=O) groups is 1. The predicted molar refractivity (Wildman–Crippen MR) is 78.0 cm³/mol. The largest absolute Gasteiger partial charge is 0.491 e. The van der Waals surface area contributed by atoms with E-state index in [1.54, 1.807) is 24.3 Å². The van der Waals surface area contributed by atoms with Gasteiger partial charge in [-0.2, -0.15) is 0 Å². The number of hydrogen-bond acceptors (Lipinski definition) is 4. The molecule has 0 fully saturated rings. The van der Waals surface area contributed by atoms with Crippen LogP contribution < -0.4 is 10.1 Å². The zero-order valence-electron chi connectivity index (χ0n) is 11.9. The third kappa shape index (κ3) is 7.11. The third-order valence-corrected chi connectivity index (χ3v) is 2.54. The van der Waals surface area contributed by atoms with Gasteiger partial charge in [0.1, 0.15) is 12.4 Å². The summed E-state index contributed by atoms with van der Waals surface area (Å²) in [6.45, 7) is 3.68. The number of rotatable bonds is 10. The van der Waals surface area contributed by atoms with E-state index in [2.05, 4.69) is 12.2 Å². The number of anilines is 1. The average molecular weight is 281 g/mol. The quantitative estimate of drug-likeness (QED) is 0.645. The standard InChI is InChI=1S/C15H23NO4/c1-2-10-19-11-3-4-15(18)16-13-5-7-14(8-6-13)20-12-9-17/h5-8,17H,2-4,9-12H2,1H3,(H,16,18). The van der Waals surface area contributed by atoms with Crippen LogP contribution in [-0.2, 0) is 9.53 Å². The minimum absolute atomic E-state index is 0.0153. The Kier molecular flexibility index (Phi) is 8.42. The molecule has 5 nitrogen and oxygen atoms in total. The zero-order valence-corrected chi connectivity index (χ0v) is 11.9. The van der Waals surface area contributed by atoms with Crippen molar-refractivity contribution in [1.82, 2.24) is 0 Å². The molecule has 0 aliphatic rings. The summed E-state index contributed by atoms with van der Waals surface area (Å²) >= 11 is 0. The van der Waals surface area contributed by atoms with Gasteiger partial charge in [0.05, 0.1) is 6.61 Å². The molecule has 0 spiro atoms. The molecule has 0 radical (unpaired) electrons. The van der Waals surface area contributed by atoms with Gasteiger partial charge in [0.15, 0.2) is 0 Å². The molecule has 20 heavy (non-hydrogen) atoms. The van der Waals surface area contributed by atoms with Crippen molar-refractivity contribution in [1.29, 1.82) is 0 Å². The van der Waals surface area contributed by atoms with Gasteiger partial charge >= 0.3 is 0 Å². The summed E-state index contributed by atoms with van der Waals surface area (Å²) in [6.07, 6.45) is 2.17. The van der Waals surface area contributed by atoms with Crippen LogP contribution in [0.3, 0.4) is 0 Å². The lowest BCUT2D eigenvalue weighted by molar-refractivity contribution is -0.116. The first-order valence-corrected chi connectivity index (χ1v) is 6.97. The van der Waals surface area contributed by atoms with Gasteiger partial charge in [0, 0.05) is 25.3 Å². The summed E-state index contributed by atoms with van der Waals surface area (Å²) in [7, 11) is 0. The molecule has 1 rings (SSSR count). The Balaban J connectivity index is 2.24. The number of aliphatic hydroxyl groups excluding tert-OH is 1. The number of ether oxygens (including phenoxy) is 2. The van der Waals surface area contributed by atoms with E-state index in [0.717, 1.165) is 25.1 Å². The Labute approximate surface area is 119 Å². The molecule has 1 amide bonds. The molecule has 0 atom stereocenters. The fourth-order valence-electron chi connectivity index (χ4n) is 1.60. The summed E-state index contributed by atoms with van der Waals surface area (Å²) in [4.78, 5) is 11.7. The number of nitrogens with one attached hydrogen (secondary N) is 1. The number of benzene rings is 1. The average Bonchev–Trinajstić information content (AvgIpc) is 2.46. The minimum atomic E-state index is -0.0193. The van der Waals surface area contributed by atoms with E-state index in [1.807, 2.05) is 0 Å². The topological polar surface area (TPSA) is 67.8 Å². The number of carbonyl (C=O) groups excluding carboxylic acids is 1. The van der Waals surface area contributed by atoms with E-state index in [4.69, 9.17) is 14.6 Å². The maximum atomic E-state index is 11.7. The summed E-state index contributed by atoms with van der Waals surface area (Å²) < 4.78 is 10.6. The van der Waals surface area contributed by atoms with Crippen molar-refractivity contribution >= 4 is 11.6 Å². The number of amides is 1. The molecule has 0 unspecified atom stereocenters. The van der Waals surface area contributed by atoms with Crippen molar-refractivity contribution < 1.29 is 19.4 Å². The molecule has 5 heteroatoms. The van der Waals surface area contributed by atoms with Crippen molar-refractivity contribution in [3.8, 4) is 5.75 Å². The third-order valence-electron chi connectivity index (χ3n) is 2.54. The van der Waals surface area contributed by atoms with E-state index in [-0.39, 0.29) is 19.1 Å². The Morgan fingerprint density at radius 3 is 2.60 bits per heavy atom. The molecule has 0 aliphatic heterocycles. The second-order valence-corrected chi connectivity index (χ2v) is 4.36. The first kappa shape index (κ1) is 16.5. The van der Waals surface area contributed by atoms with Crippen molar-refractivity contribution in [3.63, 3.8) is 0 Å². The molecule has 112 valence electrons. The lowest BCUT2D eigenvalue weighted by atomic mass is 10.2. The van der Waals surface area contributed by atoms with Gasteiger partial charge in [-0.3, -0.25) is 4.79 Å². The lowest BCUT2D eigenvalue weighted by Gasteiger charge is -2.07. The maximum Gasteiger partial charge on any atom is 0.224 e. The van der Waals surface area contributed by atoms with Crippen LogP contribution in [0.15, 0.2) is 24.3 Å². The van der Waals surface area contributed by atoms with E-state index in [9.17, 15) is 4.79 Å². The molecule has 0 heterocycles. The van der Waals surface area contributed by atoms with Crippen LogP contribution in [0.5, 0.6) is 5.75 Å². The Morgan fingerprint density at radius 2 is 1.95 bits per heavy atom. The normalized spacial score (nSPS) is 10.3. The Hall–Kier alpha value is -1.59. The molecule has 1 aromatic carbocycles. The van der Waals surface area contributed by atoms with Crippen LogP contribution in [-0.4, -0.2) is 37.4 Å². The van der Waals surface area contributed by atoms with Crippen molar-refractivity contribution in [2.45, 2.75) is 26.2 Å². The van der Waals surface area contributed by atoms with E-state index in [0.29, 0.717) is 18.8 Å². The van der Waals surface area contributed by atoms with Gasteiger partial charge in [0.2, 0.25) is 5.91 Å². The van der Waals surface area contributed by atoms with Crippen LogP contribution in [0, 0.1) is 0 Å². The lowest BCUT2D eigenvalue weighted by Crippen LogP contribution is -2.12. The SMILES string of the molecule is CCCOCCCC(=O)Nc1ccc(OCCO)cc1. The van der Waals surface area contributed by atoms with Crippen LogP contribution >= 0.6 is 0 Å². The van der Waals surface area contributed by atoms with Gasteiger partial charge in [-0.15, -0.1) is 0 Å². The van der Waals surface area contributed by atoms with Gasteiger partial charge in [-0.1, -0.05) is 6.92 Å². The maximum absolute atomic E-state index is 11.7. The van der Waals surface area contributed by atoms with Gasteiger partial charge in [-0.05, 0) is 37.1 Å². The van der Waals surface area contributed by atoms with E-state index >= 15 is 0 Å². The van der Waals surface area contributed by atoms with Crippen molar-refractivity contribution in [2.24, 2.45) is 0 Å². The minimum Gasteiger partial charge on any atom is -0.491 e. The highest BCUT2D eigenvalue weighted by Crippen LogP contribution is 2.15.